The smallest absolute Gasteiger partial charge is 0.226 e. The van der Waals surface area contributed by atoms with E-state index in [-0.39, 0.29) is 11.3 Å². The Morgan fingerprint density at radius 3 is 2.00 bits per heavy atom. The predicted octanol–water partition coefficient (Wildman–Crippen LogP) is 2.62. The molecule has 0 saturated heterocycles. The van der Waals surface area contributed by atoms with Crippen LogP contribution >= 0.6 is 0 Å². The van der Waals surface area contributed by atoms with Crippen LogP contribution in [-0.4, -0.2) is 23.2 Å². The van der Waals surface area contributed by atoms with Crippen LogP contribution in [0.5, 0.6) is 0 Å². The van der Waals surface area contributed by atoms with Gasteiger partial charge in [0.2, 0.25) is 5.91 Å². The number of nitrogens with one attached hydrogen (secondary N) is 1. The van der Waals surface area contributed by atoms with Gasteiger partial charge in [0.1, 0.15) is 0 Å². The van der Waals surface area contributed by atoms with Gasteiger partial charge in [-0.25, -0.2) is 0 Å². The van der Waals surface area contributed by atoms with Gasteiger partial charge in [-0.1, -0.05) is 12.8 Å². The molecule has 0 aromatic carbocycles. The normalized spacial score (nSPS) is 44.8. The largest absolute Gasteiger partial charge is 0.388 e. The lowest BCUT2D eigenvalue weighted by Gasteiger charge is -2.55. The van der Waals surface area contributed by atoms with Gasteiger partial charge in [0.25, 0.3) is 0 Å². The minimum absolute atomic E-state index is 0.0658. The van der Waals surface area contributed by atoms with E-state index >= 15 is 0 Å². The highest BCUT2D eigenvalue weighted by molar-refractivity contribution is 5.83. The Morgan fingerprint density at radius 1 is 1.00 bits per heavy atom. The van der Waals surface area contributed by atoms with Gasteiger partial charge in [-0.3, -0.25) is 4.79 Å². The first-order valence-corrected chi connectivity index (χ1v) is 8.58. The highest BCUT2D eigenvalue weighted by Crippen LogP contribution is 2.60. The van der Waals surface area contributed by atoms with Crippen molar-refractivity contribution in [3.05, 3.63) is 0 Å². The molecule has 3 nitrogen and oxygen atoms in total. The second kappa shape index (κ2) is 4.46. The van der Waals surface area contributed by atoms with Gasteiger partial charge in [0, 0.05) is 12.0 Å². The Kier molecular flexibility index (Phi) is 2.93. The highest BCUT2D eigenvalue weighted by atomic mass is 16.3. The van der Waals surface area contributed by atoms with E-state index in [9.17, 15) is 9.90 Å². The quantitative estimate of drug-likeness (QED) is 0.833. The Morgan fingerprint density at radius 2 is 1.50 bits per heavy atom. The van der Waals surface area contributed by atoms with Crippen LogP contribution < -0.4 is 5.32 Å². The van der Waals surface area contributed by atoms with Gasteiger partial charge >= 0.3 is 0 Å². The summed E-state index contributed by atoms with van der Waals surface area (Å²) in [6.45, 7) is 0.480. The molecular formula is C17H27NO2. The summed E-state index contributed by atoms with van der Waals surface area (Å²) in [6, 6.07) is 0. The first-order chi connectivity index (χ1) is 9.57. The Labute approximate surface area is 121 Å². The molecule has 112 valence electrons. The zero-order valence-electron chi connectivity index (χ0n) is 12.4. The number of rotatable bonds is 3. The first-order valence-electron chi connectivity index (χ1n) is 8.58. The number of carbonyl (C=O) groups is 1. The third-order valence-corrected chi connectivity index (χ3v) is 6.63. The zero-order valence-corrected chi connectivity index (χ0v) is 12.4. The van der Waals surface area contributed by atoms with Crippen molar-refractivity contribution in [2.24, 2.45) is 23.2 Å². The van der Waals surface area contributed by atoms with Crippen LogP contribution in [-0.2, 0) is 4.79 Å². The van der Waals surface area contributed by atoms with Crippen LogP contribution in [0.3, 0.4) is 0 Å². The van der Waals surface area contributed by atoms with Crippen LogP contribution in [0, 0.1) is 23.2 Å². The summed E-state index contributed by atoms with van der Waals surface area (Å²) in [5.74, 6) is 2.68. The molecular weight excluding hydrogens is 250 g/mol. The van der Waals surface area contributed by atoms with Crippen molar-refractivity contribution in [3.8, 4) is 0 Å². The Bertz CT molecular complexity index is 376. The van der Waals surface area contributed by atoms with Crippen LogP contribution in [0.25, 0.3) is 0 Å². The maximum Gasteiger partial charge on any atom is 0.226 e. The fourth-order valence-corrected chi connectivity index (χ4v) is 6.03. The summed E-state index contributed by atoms with van der Waals surface area (Å²) in [4.78, 5) is 12.8. The number of hydrogen-bond donors (Lipinski definition) is 2. The molecule has 0 aromatic rings. The monoisotopic (exact) mass is 277 g/mol. The minimum Gasteiger partial charge on any atom is -0.388 e. The zero-order chi connectivity index (χ0) is 13.8. The van der Waals surface area contributed by atoms with Crippen molar-refractivity contribution in [3.63, 3.8) is 0 Å². The van der Waals surface area contributed by atoms with E-state index < -0.39 is 5.60 Å². The maximum absolute atomic E-state index is 12.8. The van der Waals surface area contributed by atoms with Crippen molar-refractivity contribution < 1.29 is 9.90 Å². The van der Waals surface area contributed by atoms with Gasteiger partial charge in [-0.15, -0.1) is 0 Å². The molecule has 4 bridgehead atoms. The van der Waals surface area contributed by atoms with Gasteiger partial charge < -0.3 is 10.4 Å². The number of aliphatic hydroxyl groups is 1. The molecule has 0 unspecified atom stereocenters. The molecule has 5 aliphatic carbocycles. The second-order valence-corrected chi connectivity index (χ2v) is 8.31. The lowest BCUT2D eigenvalue weighted by atomic mass is 9.49. The molecule has 5 rings (SSSR count). The number of hydrogen-bond acceptors (Lipinski definition) is 2. The number of carbonyl (C=O) groups excluding carboxylic acids is 1. The molecule has 20 heavy (non-hydrogen) atoms. The molecule has 1 amide bonds. The van der Waals surface area contributed by atoms with E-state index in [2.05, 4.69) is 5.32 Å². The summed E-state index contributed by atoms with van der Waals surface area (Å²) < 4.78 is 0. The van der Waals surface area contributed by atoms with Crippen molar-refractivity contribution >= 4 is 5.91 Å². The SMILES string of the molecule is O=C(NCC1(O)CCCC1)C12CC3CC(CC(C3)C1)C2. The molecule has 5 aliphatic rings. The molecule has 0 atom stereocenters. The third kappa shape index (κ3) is 2.09. The highest BCUT2D eigenvalue weighted by Gasteiger charge is 2.54. The molecule has 5 saturated carbocycles. The lowest BCUT2D eigenvalue weighted by Crippen LogP contribution is -2.55. The first kappa shape index (κ1) is 13.1. The van der Waals surface area contributed by atoms with Gasteiger partial charge in [-0.05, 0) is 69.1 Å². The van der Waals surface area contributed by atoms with Crippen molar-refractivity contribution in [2.45, 2.75) is 69.8 Å². The minimum atomic E-state index is -0.613. The summed E-state index contributed by atoms with van der Waals surface area (Å²) in [5, 5.41) is 13.5. The molecule has 0 aliphatic heterocycles. The van der Waals surface area contributed by atoms with Gasteiger partial charge in [0.15, 0.2) is 0 Å². The van der Waals surface area contributed by atoms with E-state index in [1.807, 2.05) is 0 Å². The third-order valence-electron chi connectivity index (χ3n) is 6.63. The van der Waals surface area contributed by atoms with Crippen LogP contribution in [0.4, 0.5) is 0 Å². The summed E-state index contributed by atoms with van der Waals surface area (Å²) in [7, 11) is 0. The van der Waals surface area contributed by atoms with E-state index in [0.29, 0.717) is 6.54 Å². The topological polar surface area (TPSA) is 49.3 Å². The lowest BCUT2D eigenvalue weighted by molar-refractivity contribution is -0.147. The van der Waals surface area contributed by atoms with Gasteiger partial charge in [0.05, 0.1) is 5.60 Å². The van der Waals surface area contributed by atoms with Crippen molar-refractivity contribution in [2.75, 3.05) is 6.54 Å². The molecule has 0 aromatic heterocycles. The van der Waals surface area contributed by atoms with E-state index in [1.165, 1.54) is 19.3 Å². The van der Waals surface area contributed by atoms with E-state index in [0.717, 1.165) is 62.7 Å². The molecule has 3 heteroatoms. The fourth-order valence-electron chi connectivity index (χ4n) is 6.03. The Balaban J connectivity index is 1.43. The van der Waals surface area contributed by atoms with E-state index in [1.54, 1.807) is 0 Å². The molecule has 5 fully saturated rings. The van der Waals surface area contributed by atoms with Gasteiger partial charge in [-0.2, -0.15) is 0 Å². The molecule has 0 spiro atoms. The fraction of sp³-hybridized carbons (Fsp3) is 0.941. The standard InChI is InChI=1S/C17H27NO2/c19-15(18-11-17(20)3-1-2-4-17)16-8-12-5-13(9-16)7-14(6-12)10-16/h12-14,20H,1-11H2,(H,18,19). The maximum atomic E-state index is 12.8. The predicted molar refractivity (Wildman–Crippen MR) is 77.0 cm³/mol. The average molecular weight is 277 g/mol. The average Bonchev–Trinajstić information content (AvgIpc) is 2.82. The van der Waals surface area contributed by atoms with Crippen molar-refractivity contribution in [1.29, 1.82) is 0 Å². The summed E-state index contributed by atoms with van der Waals surface area (Å²) >= 11 is 0. The molecule has 0 radical (unpaired) electrons. The second-order valence-electron chi connectivity index (χ2n) is 8.31. The Hall–Kier alpha value is -0.570. The molecule has 2 N–H and O–H groups in total. The number of amides is 1. The van der Waals surface area contributed by atoms with Crippen LogP contribution in [0.2, 0.25) is 0 Å². The van der Waals surface area contributed by atoms with Crippen LogP contribution in [0.1, 0.15) is 64.2 Å². The summed E-state index contributed by atoms with van der Waals surface area (Å²) in [6.07, 6.45) is 11.4. The van der Waals surface area contributed by atoms with Crippen LogP contribution in [0.15, 0.2) is 0 Å². The van der Waals surface area contributed by atoms with Crippen molar-refractivity contribution in [1.82, 2.24) is 5.32 Å². The van der Waals surface area contributed by atoms with E-state index in [4.69, 9.17) is 0 Å². The molecule has 0 heterocycles. The summed E-state index contributed by atoms with van der Waals surface area (Å²) in [5.41, 5.74) is -0.679.